The van der Waals surface area contributed by atoms with Gasteiger partial charge in [0.25, 0.3) is 0 Å². The van der Waals surface area contributed by atoms with E-state index in [0.29, 0.717) is 0 Å². The summed E-state index contributed by atoms with van der Waals surface area (Å²) in [6, 6.07) is 19.7. The van der Waals surface area contributed by atoms with Gasteiger partial charge in [-0.05, 0) is 65.4 Å². The number of aromatic nitrogens is 1. The minimum atomic E-state index is 0.0499. The molecule has 29 heavy (non-hydrogen) atoms. The minimum absolute atomic E-state index is 0.0499. The van der Waals surface area contributed by atoms with Crippen molar-refractivity contribution in [3.63, 3.8) is 0 Å². The van der Waals surface area contributed by atoms with Gasteiger partial charge in [0.2, 0.25) is 0 Å². The number of fused-ring (bicyclic) bond motifs is 3. The van der Waals surface area contributed by atoms with Crippen LogP contribution in [0.1, 0.15) is 69.1 Å². The molecule has 0 atom stereocenters. The van der Waals surface area contributed by atoms with Gasteiger partial charge in [0.15, 0.2) is 0 Å². The number of nitrogens with zero attached hydrogens (tertiary/aromatic N) is 1. The van der Waals surface area contributed by atoms with E-state index >= 15 is 0 Å². The predicted octanol–water partition coefficient (Wildman–Crippen LogP) is 7.38. The third-order valence-corrected chi connectivity index (χ3v) is 6.40. The van der Waals surface area contributed by atoms with Gasteiger partial charge in [-0.25, -0.2) is 0 Å². The molecule has 0 saturated heterocycles. The van der Waals surface area contributed by atoms with Crippen molar-refractivity contribution in [2.24, 2.45) is 0 Å². The van der Waals surface area contributed by atoms with Crippen LogP contribution in [0.2, 0.25) is 0 Å². The molecule has 0 aliphatic heterocycles. The highest BCUT2D eigenvalue weighted by Gasteiger charge is 2.42. The Labute approximate surface area is 175 Å². The highest BCUT2D eigenvalue weighted by atomic mass is 14.7. The van der Waals surface area contributed by atoms with Gasteiger partial charge in [-0.2, -0.15) is 0 Å². The number of terminal acetylenes is 1. The smallest absolute Gasteiger partial charge is 0.0702 e. The Bertz CT molecular complexity index is 1030. The Morgan fingerprint density at radius 2 is 1.55 bits per heavy atom. The third-order valence-electron chi connectivity index (χ3n) is 6.40. The molecule has 0 unspecified atom stereocenters. The maximum atomic E-state index is 5.78. The van der Waals surface area contributed by atoms with Crippen molar-refractivity contribution in [3.05, 3.63) is 77.5 Å². The standard InChI is InChI=1S/C28H29N/c1-4-7-16-28(17-8-5-2)25-19-21(6-3)12-14-23(25)24-15-13-22(20-26(24)28)27-11-9-10-18-29-27/h3,9-15,18-20H,4-5,7-8,16-17H2,1-2H3. The zero-order valence-corrected chi connectivity index (χ0v) is 17.5. The molecule has 0 amide bonds. The van der Waals surface area contributed by atoms with E-state index in [9.17, 15) is 0 Å². The van der Waals surface area contributed by atoms with Crippen LogP contribution in [0.4, 0.5) is 0 Å². The van der Waals surface area contributed by atoms with E-state index in [4.69, 9.17) is 6.42 Å². The second-order valence-corrected chi connectivity index (χ2v) is 8.17. The zero-order chi connectivity index (χ0) is 20.3. The molecule has 1 heteroatoms. The van der Waals surface area contributed by atoms with Gasteiger partial charge in [0, 0.05) is 22.7 Å². The molecule has 2 aromatic carbocycles. The van der Waals surface area contributed by atoms with Gasteiger partial charge >= 0.3 is 0 Å². The van der Waals surface area contributed by atoms with Crippen molar-refractivity contribution in [2.75, 3.05) is 0 Å². The van der Waals surface area contributed by atoms with Crippen molar-refractivity contribution >= 4 is 0 Å². The zero-order valence-electron chi connectivity index (χ0n) is 17.5. The molecule has 4 rings (SSSR count). The maximum Gasteiger partial charge on any atom is 0.0702 e. The fourth-order valence-electron chi connectivity index (χ4n) is 4.90. The number of benzene rings is 2. The minimum Gasteiger partial charge on any atom is -0.256 e. The van der Waals surface area contributed by atoms with Gasteiger partial charge in [-0.15, -0.1) is 6.42 Å². The second-order valence-electron chi connectivity index (χ2n) is 8.17. The summed E-state index contributed by atoms with van der Waals surface area (Å²) in [4.78, 5) is 4.60. The van der Waals surface area contributed by atoms with E-state index in [1.54, 1.807) is 0 Å². The molecule has 0 saturated carbocycles. The van der Waals surface area contributed by atoms with E-state index in [2.05, 4.69) is 73.3 Å². The van der Waals surface area contributed by atoms with Crippen LogP contribution in [-0.2, 0) is 5.41 Å². The molecular weight excluding hydrogens is 350 g/mol. The number of hydrogen-bond acceptors (Lipinski definition) is 1. The van der Waals surface area contributed by atoms with Crippen LogP contribution in [0.5, 0.6) is 0 Å². The van der Waals surface area contributed by atoms with Crippen molar-refractivity contribution < 1.29 is 0 Å². The van der Waals surface area contributed by atoms with Crippen LogP contribution in [0.3, 0.4) is 0 Å². The van der Waals surface area contributed by atoms with Crippen LogP contribution in [0, 0.1) is 12.3 Å². The molecule has 1 nitrogen and oxygen atoms in total. The highest BCUT2D eigenvalue weighted by molar-refractivity contribution is 5.84. The molecule has 1 aliphatic rings. The molecule has 146 valence electrons. The molecule has 0 N–H and O–H groups in total. The quantitative estimate of drug-likeness (QED) is 0.390. The van der Waals surface area contributed by atoms with Gasteiger partial charge in [0.1, 0.15) is 0 Å². The summed E-state index contributed by atoms with van der Waals surface area (Å²) in [7, 11) is 0. The van der Waals surface area contributed by atoms with E-state index in [1.807, 2.05) is 12.3 Å². The normalized spacial score (nSPS) is 13.6. The van der Waals surface area contributed by atoms with Gasteiger partial charge in [0.05, 0.1) is 5.69 Å². The highest BCUT2D eigenvalue weighted by Crippen LogP contribution is 2.55. The second kappa shape index (κ2) is 8.26. The monoisotopic (exact) mass is 379 g/mol. The first-order valence-corrected chi connectivity index (χ1v) is 10.9. The molecular formula is C28H29N. The van der Waals surface area contributed by atoms with E-state index in [0.717, 1.165) is 11.3 Å². The largest absolute Gasteiger partial charge is 0.256 e. The number of hydrogen-bond donors (Lipinski definition) is 0. The van der Waals surface area contributed by atoms with Crippen molar-refractivity contribution in [1.82, 2.24) is 4.98 Å². The molecule has 1 aliphatic carbocycles. The summed E-state index contributed by atoms with van der Waals surface area (Å²) in [5.74, 6) is 2.86. The average molecular weight is 380 g/mol. The lowest BCUT2D eigenvalue weighted by Crippen LogP contribution is -2.25. The molecule has 1 heterocycles. The summed E-state index contributed by atoms with van der Waals surface area (Å²) >= 11 is 0. The van der Waals surface area contributed by atoms with Crippen LogP contribution in [0.25, 0.3) is 22.4 Å². The van der Waals surface area contributed by atoms with Crippen LogP contribution in [0.15, 0.2) is 60.8 Å². The third kappa shape index (κ3) is 3.38. The lowest BCUT2D eigenvalue weighted by Gasteiger charge is -2.33. The first-order valence-electron chi connectivity index (χ1n) is 10.9. The summed E-state index contributed by atoms with van der Waals surface area (Å²) in [6.45, 7) is 4.57. The Kier molecular flexibility index (Phi) is 5.54. The molecule has 0 bridgehead atoms. The van der Waals surface area contributed by atoms with Crippen molar-refractivity contribution in [2.45, 2.75) is 57.8 Å². The first-order chi connectivity index (χ1) is 14.2. The number of pyridine rings is 1. The molecule has 3 aromatic rings. The Morgan fingerprint density at radius 3 is 2.17 bits per heavy atom. The summed E-state index contributed by atoms with van der Waals surface area (Å²) in [6.07, 6.45) is 14.8. The van der Waals surface area contributed by atoms with Crippen molar-refractivity contribution in [1.29, 1.82) is 0 Å². The van der Waals surface area contributed by atoms with Gasteiger partial charge in [-0.1, -0.05) is 69.7 Å². The molecule has 0 spiro atoms. The lowest BCUT2D eigenvalue weighted by molar-refractivity contribution is 0.414. The summed E-state index contributed by atoms with van der Waals surface area (Å²) in [5, 5.41) is 0. The van der Waals surface area contributed by atoms with E-state index in [1.165, 1.54) is 66.3 Å². The Morgan fingerprint density at radius 1 is 0.862 bits per heavy atom. The molecule has 0 fully saturated rings. The lowest BCUT2D eigenvalue weighted by atomic mass is 9.70. The number of rotatable bonds is 7. The fourth-order valence-corrected chi connectivity index (χ4v) is 4.90. The topological polar surface area (TPSA) is 12.9 Å². The summed E-state index contributed by atoms with van der Waals surface area (Å²) in [5.41, 5.74) is 8.90. The van der Waals surface area contributed by atoms with Crippen LogP contribution < -0.4 is 0 Å². The van der Waals surface area contributed by atoms with E-state index in [-0.39, 0.29) is 5.41 Å². The van der Waals surface area contributed by atoms with Gasteiger partial charge < -0.3 is 0 Å². The van der Waals surface area contributed by atoms with E-state index < -0.39 is 0 Å². The predicted molar refractivity (Wildman–Crippen MR) is 123 cm³/mol. The Balaban J connectivity index is 1.94. The number of unbranched alkanes of at least 4 members (excludes halogenated alkanes) is 2. The molecule has 0 radical (unpaired) electrons. The first kappa shape index (κ1) is 19.5. The fraction of sp³-hybridized carbons (Fsp3) is 0.321. The Hall–Kier alpha value is -2.85. The maximum absolute atomic E-state index is 5.78. The van der Waals surface area contributed by atoms with Gasteiger partial charge in [-0.3, -0.25) is 4.98 Å². The molecule has 1 aromatic heterocycles. The SMILES string of the molecule is C#Cc1ccc2c(c1)C(CCCC)(CCCC)c1cc(-c3ccccn3)ccc1-2. The van der Waals surface area contributed by atoms with Crippen LogP contribution in [-0.4, -0.2) is 4.98 Å². The van der Waals surface area contributed by atoms with Crippen molar-refractivity contribution in [3.8, 4) is 34.7 Å². The van der Waals surface area contributed by atoms with Crippen LogP contribution >= 0.6 is 0 Å². The average Bonchev–Trinajstić information content (AvgIpc) is 3.05. The summed E-state index contributed by atoms with van der Waals surface area (Å²) < 4.78 is 0.